The standard InChI is InChI=1S/C13H16Cl4O4/c1-5(9(14)18)13(6(2)10(15)19,7(3)11(16)20)8(4)12(17)21/h5-8H,1-4H3. The van der Waals surface area contributed by atoms with E-state index in [1.807, 2.05) is 0 Å². The number of hydrogen-bond donors (Lipinski definition) is 0. The molecule has 0 saturated heterocycles. The van der Waals surface area contributed by atoms with E-state index in [0.29, 0.717) is 0 Å². The van der Waals surface area contributed by atoms with E-state index < -0.39 is 50.1 Å². The topological polar surface area (TPSA) is 68.3 Å². The minimum Gasteiger partial charge on any atom is -0.281 e. The maximum absolute atomic E-state index is 11.7. The SMILES string of the molecule is CC(C(=O)Cl)C(C(C)C(=O)Cl)(C(C)C(=O)Cl)C(C)C(=O)Cl. The molecular weight excluding hydrogens is 362 g/mol. The molecule has 0 aromatic heterocycles. The van der Waals surface area contributed by atoms with Gasteiger partial charge >= 0.3 is 0 Å². The Balaban J connectivity index is 6.47. The summed E-state index contributed by atoms with van der Waals surface area (Å²) in [6, 6.07) is 0. The van der Waals surface area contributed by atoms with Crippen LogP contribution in [0.15, 0.2) is 0 Å². The van der Waals surface area contributed by atoms with Gasteiger partial charge in [0.05, 0.1) is 0 Å². The van der Waals surface area contributed by atoms with Gasteiger partial charge in [-0.2, -0.15) is 0 Å². The van der Waals surface area contributed by atoms with Crippen LogP contribution in [0.4, 0.5) is 0 Å². The molecule has 0 rings (SSSR count). The van der Waals surface area contributed by atoms with Crippen LogP contribution in [0.2, 0.25) is 0 Å². The highest BCUT2D eigenvalue weighted by atomic mass is 35.5. The van der Waals surface area contributed by atoms with E-state index in [4.69, 9.17) is 46.4 Å². The lowest BCUT2D eigenvalue weighted by Crippen LogP contribution is -2.53. The number of hydrogen-bond acceptors (Lipinski definition) is 4. The maximum atomic E-state index is 11.7. The second kappa shape index (κ2) is 7.91. The van der Waals surface area contributed by atoms with Crippen molar-refractivity contribution >= 4 is 67.4 Å². The third kappa shape index (κ3) is 3.98. The quantitative estimate of drug-likeness (QED) is 0.606. The van der Waals surface area contributed by atoms with Gasteiger partial charge in [0.25, 0.3) is 0 Å². The Labute approximate surface area is 143 Å². The molecule has 21 heavy (non-hydrogen) atoms. The Bertz CT molecular complexity index is 378. The Hall–Kier alpha value is -0.160. The number of carbonyl (C=O) groups is 4. The van der Waals surface area contributed by atoms with Gasteiger partial charge in [0, 0.05) is 29.1 Å². The first-order valence-corrected chi connectivity index (χ1v) is 7.70. The summed E-state index contributed by atoms with van der Waals surface area (Å²) in [4.78, 5) is 46.7. The van der Waals surface area contributed by atoms with Crippen LogP contribution in [0.1, 0.15) is 27.7 Å². The van der Waals surface area contributed by atoms with E-state index in [1.165, 1.54) is 27.7 Å². The van der Waals surface area contributed by atoms with E-state index in [2.05, 4.69) is 0 Å². The van der Waals surface area contributed by atoms with Crippen molar-refractivity contribution in [2.24, 2.45) is 29.1 Å². The molecule has 0 aromatic carbocycles. The Morgan fingerprint density at radius 2 is 0.714 bits per heavy atom. The van der Waals surface area contributed by atoms with Gasteiger partial charge in [-0.1, -0.05) is 27.7 Å². The van der Waals surface area contributed by atoms with Crippen molar-refractivity contribution in [3.05, 3.63) is 0 Å². The van der Waals surface area contributed by atoms with Crippen LogP contribution in [0.25, 0.3) is 0 Å². The van der Waals surface area contributed by atoms with Crippen molar-refractivity contribution in [3.63, 3.8) is 0 Å². The molecule has 0 saturated carbocycles. The van der Waals surface area contributed by atoms with E-state index in [-0.39, 0.29) is 0 Å². The van der Waals surface area contributed by atoms with Gasteiger partial charge in [-0.05, 0) is 46.4 Å². The first-order chi connectivity index (χ1) is 9.42. The van der Waals surface area contributed by atoms with Gasteiger partial charge in [0.15, 0.2) is 0 Å². The second-order valence-electron chi connectivity index (χ2n) is 5.10. The van der Waals surface area contributed by atoms with Gasteiger partial charge in [-0.25, -0.2) is 0 Å². The summed E-state index contributed by atoms with van der Waals surface area (Å²) in [5.74, 6) is -4.14. The summed E-state index contributed by atoms with van der Waals surface area (Å²) in [6.07, 6.45) is 0. The summed E-state index contributed by atoms with van der Waals surface area (Å²) in [5, 5.41) is -3.24. The number of carbonyl (C=O) groups excluding carboxylic acids is 4. The molecule has 4 unspecified atom stereocenters. The van der Waals surface area contributed by atoms with E-state index in [1.54, 1.807) is 0 Å². The Morgan fingerprint density at radius 1 is 0.571 bits per heavy atom. The van der Waals surface area contributed by atoms with Crippen LogP contribution < -0.4 is 0 Å². The fourth-order valence-electron chi connectivity index (χ4n) is 3.04. The lowest BCUT2D eigenvalue weighted by Gasteiger charge is -2.47. The third-order valence-electron chi connectivity index (χ3n) is 4.36. The first-order valence-electron chi connectivity index (χ1n) is 6.19. The number of rotatable bonds is 8. The predicted molar refractivity (Wildman–Crippen MR) is 82.5 cm³/mol. The summed E-state index contributed by atoms with van der Waals surface area (Å²) >= 11 is 22.2. The maximum Gasteiger partial charge on any atom is 0.225 e. The fraction of sp³-hybridized carbons (Fsp3) is 0.692. The molecular formula is C13H16Cl4O4. The molecule has 8 heteroatoms. The molecule has 0 spiro atoms. The highest BCUT2D eigenvalue weighted by molar-refractivity contribution is 6.67. The summed E-state index contributed by atoms with van der Waals surface area (Å²) < 4.78 is 0. The summed E-state index contributed by atoms with van der Waals surface area (Å²) in [5.41, 5.74) is -1.50. The van der Waals surface area contributed by atoms with Gasteiger partial charge in [0.1, 0.15) is 0 Å². The van der Waals surface area contributed by atoms with Gasteiger partial charge < -0.3 is 0 Å². The fourth-order valence-corrected chi connectivity index (χ4v) is 3.79. The lowest BCUT2D eigenvalue weighted by molar-refractivity contribution is -0.143. The van der Waals surface area contributed by atoms with E-state index in [9.17, 15) is 19.2 Å². The van der Waals surface area contributed by atoms with Crippen molar-refractivity contribution < 1.29 is 19.2 Å². The molecule has 0 heterocycles. The van der Waals surface area contributed by atoms with Crippen LogP contribution in [-0.2, 0) is 19.2 Å². The van der Waals surface area contributed by atoms with Crippen LogP contribution in [0.5, 0.6) is 0 Å². The van der Waals surface area contributed by atoms with Crippen molar-refractivity contribution in [1.82, 2.24) is 0 Å². The molecule has 120 valence electrons. The zero-order chi connectivity index (χ0) is 17.1. The molecule has 0 aromatic rings. The van der Waals surface area contributed by atoms with Gasteiger partial charge in [-0.15, -0.1) is 0 Å². The Morgan fingerprint density at radius 3 is 0.810 bits per heavy atom. The molecule has 0 radical (unpaired) electrons. The minimum absolute atomic E-state index is 0.811. The highest BCUT2D eigenvalue weighted by Crippen LogP contribution is 2.52. The number of halogens is 4. The Kier molecular flexibility index (Phi) is 7.85. The molecule has 0 fully saturated rings. The average molecular weight is 378 g/mol. The lowest BCUT2D eigenvalue weighted by atomic mass is 9.55. The van der Waals surface area contributed by atoms with E-state index in [0.717, 1.165) is 0 Å². The van der Waals surface area contributed by atoms with Crippen LogP contribution >= 0.6 is 46.4 Å². The first kappa shape index (κ1) is 20.8. The molecule has 0 bridgehead atoms. The molecule has 4 atom stereocenters. The van der Waals surface area contributed by atoms with E-state index >= 15 is 0 Å². The van der Waals surface area contributed by atoms with Crippen molar-refractivity contribution in [2.75, 3.05) is 0 Å². The molecule has 4 nitrogen and oxygen atoms in total. The molecule has 0 N–H and O–H groups in total. The van der Waals surface area contributed by atoms with Gasteiger partial charge in [-0.3, -0.25) is 19.2 Å². The highest BCUT2D eigenvalue weighted by Gasteiger charge is 2.57. The summed E-state index contributed by atoms with van der Waals surface area (Å²) in [6.45, 7) is 5.66. The molecule has 0 aliphatic rings. The summed E-state index contributed by atoms with van der Waals surface area (Å²) in [7, 11) is 0. The largest absolute Gasteiger partial charge is 0.281 e. The smallest absolute Gasteiger partial charge is 0.225 e. The van der Waals surface area contributed by atoms with Crippen LogP contribution in [0.3, 0.4) is 0 Å². The molecule has 0 amide bonds. The van der Waals surface area contributed by atoms with Crippen molar-refractivity contribution in [3.8, 4) is 0 Å². The second-order valence-corrected chi connectivity index (χ2v) is 6.59. The average Bonchev–Trinajstić information content (AvgIpc) is 2.37. The molecule has 0 aliphatic carbocycles. The zero-order valence-corrected chi connectivity index (χ0v) is 15.0. The third-order valence-corrected chi connectivity index (χ3v) is 5.67. The van der Waals surface area contributed by atoms with Crippen LogP contribution in [0, 0.1) is 29.1 Å². The van der Waals surface area contributed by atoms with Crippen molar-refractivity contribution in [1.29, 1.82) is 0 Å². The zero-order valence-electron chi connectivity index (χ0n) is 12.0. The van der Waals surface area contributed by atoms with Crippen molar-refractivity contribution in [2.45, 2.75) is 27.7 Å². The molecule has 0 aliphatic heterocycles. The predicted octanol–water partition coefficient (Wildman–Crippen LogP) is 3.58. The monoisotopic (exact) mass is 376 g/mol. The minimum atomic E-state index is -1.50. The normalized spacial score (nSPS) is 19.8. The van der Waals surface area contributed by atoms with Crippen LogP contribution in [-0.4, -0.2) is 21.0 Å². The van der Waals surface area contributed by atoms with Gasteiger partial charge in [0.2, 0.25) is 21.0 Å².